The standard InChI is InChI=1S/C27H35N7O8.C2H6/c1-27(2,3)42-26(39)28-9-11-40-13-14-41-12-10-33-16-17(31-32-33)15-29-19-6-4-5-18-22(19)25(38)34(24(18)37)20-7-8-21(35)30-23(20)36;1-2/h4-6,16,20,29H,7-15H2,1-3H3,(H,28,39)(H,30,35,36);1-2H3. The number of aromatic nitrogens is 3. The lowest BCUT2D eigenvalue weighted by Crippen LogP contribution is -2.54. The Labute approximate surface area is 255 Å². The van der Waals surface area contributed by atoms with Crippen LogP contribution in [0.2, 0.25) is 0 Å². The highest BCUT2D eigenvalue weighted by Gasteiger charge is 2.45. The maximum Gasteiger partial charge on any atom is 0.407 e. The number of hydrogen-bond donors (Lipinski definition) is 3. The largest absolute Gasteiger partial charge is 0.444 e. The van der Waals surface area contributed by atoms with Crippen LogP contribution >= 0.6 is 0 Å². The number of fused-ring (bicyclic) bond motifs is 1. The Morgan fingerprint density at radius 2 is 1.77 bits per heavy atom. The molecule has 3 heterocycles. The maximum atomic E-state index is 13.2. The van der Waals surface area contributed by atoms with Crippen molar-refractivity contribution in [1.29, 1.82) is 0 Å². The Bertz CT molecular complexity index is 1340. The molecule has 0 spiro atoms. The van der Waals surface area contributed by atoms with Crippen LogP contribution in [0.4, 0.5) is 10.5 Å². The Balaban J connectivity index is 0.00000259. The minimum Gasteiger partial charge on any atom is -0.444 e. The molecule has 44 heavy (non-hydrogen) atoms. The molecule has 0 bridgehead atoms. The third-order valence-electron chi connectivity index (χ3n) is 6.27. The number of carbonyl (C=O) groups is 5. The van der Waals surface area contributed by atoms with Crippen LogP contribution in [0.1, 0.15) is 73.9 Å². The third-order valence-corrected chi connectivity index (χ3v) is 6.27. The van der Waals surface area contributed by atoms with Crippen molar-refractivity contribution >= 4 is 35.4 Å². The lowest BCUT2D eigenvalue weighted by molar-refractivity contribution is -0.136. The molecule has 0 saturated carbocycles. The van der Waals surface area contributed by atoms with Crippen LogP contribution in [0.5, 0.6) is 0 Å². The van der Waals surface area contributed by atoms with E-state index >= 15 is 0 Å². The number of benzene rings is 1. The van der Waals surface area contributed by atoms with E-state index in [1.807, 2.05) is 13.8 Å². The van der Waals surface area contributed by atoms with Crippen molar-refractivity contribution in [2.24, 2.45) is 0 Å². The average Bonchev–Trinajstić information content (AvgIpc) is 3.53. The molecule has 2 aromatic rings. The summed E-state index contributed by atoms with van der Waals surface area (Å²) in [5, 5.41) is 16.1. The summed E-state index contributed by atoms with van der Waals surface area (Å²) >= 11 is 0. The second kappa shape index (κ2) is 15.9. The Morgan fingerprint density at radius 3 is 2.48 bits per heavy atom. The zero-order valence-electron chi connectivity index (χ0n) is 25.8. The van der Waals surface area contributed by atoms with Gasteiger partial charge in [0.15, 0.2) is 0 Å². The van der Waals surface area contributed by atoms with Gasteiger partial charge in [-0.15, -0.1) is 5.10 Å². The Kier molecular flexibility index (Phi) is 12.3. The molecule has 1 atom stereocenters. The summed E-state index contributed by atoms with van der Waals surface area (Å²) in [6, 6.07) is 3.83. The Hall–Kier alpha value is -4.37. The van der Waals surface area contributed by atoms with E-state index in [1.165, 1.54) is 6.07 Å². The first-order chi connectivity index (χ1) is 21.0. The molecule has 0 radical (unpaired) electrons. The molecule has 15 nitrogen and oxygen atoms in total. The first-order valence-corrected chi connectivity index (χ1v) is 14.6. The summed E-state index contributed by atoms with van der Waals surface area (Å²) in [6.07, 6.45) is 1.39. The van der Waals surface area contributed by atoms with Crippen molar-refractivity contribution < 1.29 is 38.2 Å². The molecule has 1 unspecified atom stereocenters. The summed E-state index contributed by atoms with van der Waals surface area (Å²) in [4.78, 5) is 62.5. The molecule has 15 heteroatoms. The van der Waals surface area contributed by atoms with Gasteiger partial charge >= 0.3 is 6.09 Å². The predicted octanol–water partition coefficient (Wildman–Crippen LogP) is 1.88. The number of piperidine rings is 1. The summed E-state index contributed by atoms with van der Waals surface area (Å²) in [6.45, 7) is 11.9. The minimum atomic E-state index is -1.03. The third kappa shape index (κ3) is 9.31. The highest BCUT2D eigenvalue weighted by Crippen LogP contribution is 2.32. The van der Waals surface area contributed by atoms with Gasteiger partial charge in [0, 0.05) is 18.7 Å². The first kappa shape index (κ1) is 34.1. The van der Waals surface area contributed by atoms with Crippen LogP contribution in [0.25, 0.3) is 0 Å². The van der Waals surface area contributed by atoms with Gasteiger partial charge in [-0.1, -0.05) is 25.1 Å². The summed E-state index contributed by atoms with van der Waals surface area (Å²) in [5.41, 5.74) is 0.856. The highest BCUT2D eigenvalue weighted by molar-refractivity contribution is 6.25. The van der Waals surface area contributed by atoms with Crippen molar-refractivity contribution in [2.75, 3.05) is 38.3 Å². The number of hydrogen-bond acceptors (Lipinski definition) is 11. The number of ether oxygens (including phenoxy) is 3. The van der Waals surface area contributed by atoms with Crippen molar-refractivity contribution in [3.05, 3.63) is 41.2 Å². The van der Waals surface area contributed by atoms with Gasteiger partial charge in [-0.2, -0.15) is 0 Å². The Morgan fingerprint density at radius 1 is 1.05 bits per heavy atom. The van der Waals surface area contributed by atoms with Crippen LogP contribution in [0.15, 0.2) is 24.4 Å². The fourth-order valence-electron chi connectivity index (χ4n) is 4.40. The van der Waals surface area contributed by atoms with E-state index in [9.17, 15) is 24.0 Å². The van der Waals surface area contributed by atoms with Gasteiger partial charge in [0.2, 0.25) is 11.8 Å². The predicted molar refractivity (Wildman–Crippen MR) is 158 cm³/mol. The molecule has 0 aliphatic carbocycles. The van der Waals surface area contributed by atoms with Gasteiger partial charge < -0.3 is 24.8 Å². The topological polar surface area (TPSA) is 183 Å². The molecular weight excluding hydrogens is 574 g/mol. The van der Waals surface area contributed by atoms with Crippen molar-refractivity contribution in [3.63, 3.8) is 0 Å². The highest BCUT2D eigenvalue weighted by atomic mass is 16.6. The van der Waals surface area contributed by atoms with Crippen molar-refractivity contribution in [1.82, 2.24) is 30.5 Å². The molecule has 240 valence electrons. The minimum absolute atomic E-state index is 0.0541. The lowest BCUT2D eigenvalue weighted by Gasteiger charge is -2.27. The van der Waals surface area contributed by atoms with Gasteiger partial charge in [-0.05, 0) is 39.3 Å². The number of amides is 5. The fraction of sp³-hybridized carbons (Fsp3) is 0.552. The number of imide groups is 2. The summed E-state index contributed by atoms with van der Waals surface area (Å²) < 4.78 is 17.7. The quantitative estimate of drug-likeness (QED) is 0.221. The van der Waals surface area contributed by atoms with E-state index in [4.69, 9.17) is 14.2 Å². The molecule has 1 aromatic carbocycles. The second-order valence-corrected chi connectivity index (χ2v) is 10.7. The SMILES string of the molecule is CC.CC(C)(C)OC(=O)NCCOCCOCCn1cc(CNc2cccc3c2C(=O)N(C2CCC(=O)NC2=O)C3=O)nn1. The van der Waals surface area contributed by atoms with E-state index < -0.39 is 41.4 Å². The number of anilines is 1. The van der Waals surface area contributed by atoms with Gasteiger partial charge in [0.1, 0.15) is 17.3 Å². The van der Waals surface area contributed by atoms with Gasteiger partial charge in [0.05, 0.1) is 56.8 Å². The molecule has 2 aliphatic rings. The molecule has 2 aliphatic heterocycles. The second-order valence-electron chi connectivity index (χ2n) is 10.7. The number of nitrogens with one attached hydrogen (secondary N) is 3. The average molecular weight is 616 g/mol. The molecule has 1 fully saturated rings. The van der Waals surface area contributed by atoms with Gasteiger partial charge in [0.25, 0.3) is 11.8 Å². The molecule has 1 aromatic heterocycles. The summed E-state index contributed by atoms with van der Waals surface area (Å²) in [7, 11) is 0. The first-order valence-electron chi connectivity index (χ1n) is 14.6. The normalized spacial score (nSPS) is 16.2. The molecule has 1 saturated heterocycles. The zero-order valence-corrected chi connectivity index (χ0v) is 25.8. The van der Waals surface area contributed by atoms with Crippen LogP contribution in [0, 0.1) is 0 Å². The van der Waals surface area contributed by atoms with E-state index in [-0.39, 0.29) is 30.5 Å². The number of alkyl carbamates (subject to hydrolysis) is 1. The van der Waals surface area contributed by atoms with Crippen LogP contribution in [-0.2, 0) is 36.9 Å². The van der Waals surface area contributed by atoms with E-state index in [2.05, 4.69) is 26.3 Å². The van der Waals surface area contributed by atoms with E-state index in [0.717, 1.165) is 4.90 Å². The number of carbonyl (C=O) groups excluding carboxylic acids is 5. The number of nitrogens with zero attached hydrogens (tertiary/aromatic N) is 4. The van der Waals surface area contributed by atoms with Gasteiger partial charge in [-0.3, -0.25) is 29.4 Å². The van der Waals surface area contributed by atoms with Crippen LogP contribution in [0.3, 0.4) is 0 Å². The van der Waals surface area contributed by atoms with Crippen LogP contribution < -0.4 is 16.0 Å². The van der Waals surface area contributed by atoms with E-state index in [0.29, 0.717) is 50.9 Å². The van der Waals surface area contributed by atoms with Gasteiger partial charge in [-0.25, -0.2) is 9.48 Å². The molecule has 4 rings (SSSR count). The molecular formula is C29H41N7O8. The molecule has 5 amide bonds. The van der Waals surface area contributed by atoms with Crippen molar-refractivity contribution in [3.8, 4) is 0 Å². The summed E-state index contributed by atoms with van der Waals surface area (Å²) in [5.74, 6) is -2.24. The lowest BCUT2D eigenvalue weighted by atomic mass is 10.0. The molecule has 3 N–H and O–H groups in total. The maximum absolute atomic E-state index is 13.2. The fourth-order valence-corrected chi connectivity index (χ4v) is 4.40. The van der Waals surface area contributed by atoms with Crippen LogP contribution in [-0.4, -0.2) is 94.2 Å². The monoisotopic (exact) mass is 615 g/mol. The van der Waals surface area contributed by atoms with E-state index in [1.54, 1.807) is 43.8 Å². The number of rotatable bonds is 13. The van der Waals surface area contributed by atoms with Crippen molar-refractivity contribution in [2.45, 2.75) is 72.2 Å². The smallest absolute Gasteiger partial charge is 0.407 e. The zero-order chi connectivity index (χ0) is 32.3.